The lowest BCUT2D eigenvalue weighted by atomic mass is 10.1. The maximum Gasteiger partial charge on any atom is 0.308 e. The van der Waals surface area contributed by atoms with Gasteiger partial charge in [0.25, 0.3) is 0 Å². The van der Waals surface area contributed by atoms with Crippen molar-refractivity contribution in [2.75, 3.05) is 7.11 Å². The molecule has 2 aliphatic rings. The number of rotatable bonds is 6. The molecule has 0 heterocycles. The SMILES string of the molecule is C#Cc1ccc(CBr)cc1.C#Cc1ccc(CO[C@@H]2CCC(C(=O)O)C2)cc1.COC(=O)C1CC[C@@H](O)C1. The van der Waals surface area contributed by atoms with E-state index < -0.39 is 5.97 Å². The van der Waals surface area contributed by atoms with Crippen LogP contribution in [0.15, 0.2) is 48.5 Å². The minimum atomic E-state index is -0.709. The highest BCUT2D eigenvalue weighted by atomic mass is 79.9. The Morgan fingerprint density at radius 2 is 1.45 bits per heavy atom. The van der Waals surface area contributed by atoms with Crippen molar-refractivity contribution in [3.8, 4) is 24.7 Å². The molecule has 2 unspecified atom stereocenters. The van der Waals surface area contributed by atoms with Crippen molar-refractivity contribution in [3.05, 3.63) is 70.8 Å². The summed E-state index contributed by atoms with van der Waals surface area (Å²) in [6.07, 6.45) is 14.5. The third kappa shape index (κ3) is 10.7. The quantitative estimate of drug-likeness (QED) is 0.272. The molecule has 0 aliphatic heterocycles. The zero-order valence-corrected chi connectivity index (χ0v) is 23.2. The van der Waals surface area contributed by atoms with Crippen LogP contribution in [0, 0.1) is 36.5 Å². The van der Waals surface area contributed by atoms with Gasteiger partial charge in [-0.05, 0) is 73.9 Å². The summed E-state index contributed by atoms with van der Waals surface area (Å²) in [6.45, 7) is 0.516. The van der Waals surface area contributed by atoms with E-state index in [0.717, 1.165) is 47.7 Å². The van der Waals surface area contributed by atoms with Crippen LogP contribution in [0.4, 0.5) is 0 Å². The molecular formula is C31H35BrO6. The van der Waals surface area contributed by atoms with Crippen LogP contribution in [0.5, 0.6) is 0 Å². The molecule has 0 aromatic heterocycles. The van der Waals surface area contributed by atoms with Crippen LogP contribution in [-0.4, -0.2) is 41.5 Å². The summed E-state index contributed by atoms with van der Waals surface area (Å²) in [4.78, 5) is 21.6. The summed E-state index contributed by atoms with van der Waals surface area (Å²) in [7, 11) is 1.38. The number of carbonyl (C=O) groups excluding carboxylic acids is 1. The Hall–Kier alpha value is -3.10. The number of carboxylic acids is 1. The first-order valence-electron chi connectivity index (χ1n) is 12.6. The van der Waals surface area contributed by atoms with Crippen molar-refractivity contribution in [3.63, 3.8) is 0 Å². The summed E-state index contributed by atoms with van der Waals surface area (Å²) in [5.74, 6) is 3.94. The van der Waals surface area contributed by atoms with Crippen LogP contribution in [0.3, 0.4) is 0 Å². The topological polar surface area (TPSA) is 93.1 Å². The van der Waals surface area contributed by atoms with Crippen LogP contribution >= 0.6 is 15.9 Å². The van der Waals surface area contributed by atoms with Crippen LogP contribution in [0.1, 0.15) is 60.8 Å². The van der Waals surface area contributed by atoms with E-state index in [2.05, 4.69) is 32.5 Å². The highest BCUT2D eigenvalue weighted by molar-refractivity contribution is 9.08. The summed E-state index contributed by atoms with van der Waals surface area (Å²) < 4.78 is 10.3. The van der Waals surface area contributed by atoms with Gasteiger partial charge in [-0.15, -0.1) is 12.8 Å². The normalized spacial score (nSPS) is 21.5. The number of alkyl halides is 1. The van der Waals surface area contributed by atoms with E-state index in [1.54, 1.807) is 0 Å². The van der Waals surface area contributed by atoms with Crippen LogP contribution < -0.4 is 0 Å². The van der Waals surface area contributed by atoms with Crippen molar-refractivity contribution in [1.29, 1.82) is 0 Å². The Morgan fingerprint density at radius 3 is 1.87 bits per heavy atom. The Morgan fingerprint density at radius 1 is 0.895 bits per heavy atom. The van der Waals surface area contributed by atoms with E-state index >= 15 is 0 Å². The zero-order valence-electron chi connectivity index (χ0n) is 21.6. The summed E-state index contributed by atoms with van der Waals surface area (Å²) in [5, 5.41) is 18.8. The molecule has 6 nitrogen and oxygen atoms in total. The van der Waals surface area contributed by atoms with Crippen LogP contribution in [0.25, 0.3) is 0 Å². The first-order valence-corrected chi connectivity index (χ1v) is 13.7. The number of aliphatic hydroxyl groups excluding tert-OH is 1. The molecule has 202 valence electrons. The largest absolute Gasteiger partial charge is 0.481 e. The smallest absolute Gasteiger partial charge is 0.308 e. The number of aliphatic carboxylic acids is 1. The number of terminal acetylenes is 2. The Kier molecular flexibility index (Phi) is 13.7. The van der Waals surface area contributed by atoms with Crippen molar-refractivity contribution < 1.29 is 29.3 Å². The third-order valence-electron chi connectivity index (χ3n) is 6.55. The van der Waals surface area contributed by atoms with Crippen molar-refractivity contribution in [1.82, 2.24) is 0 Å². The highest BCUT2D eigenvalue weighted by Gasteiger charge is 2.30. The Bertz CT molecular complexity index is 1100. The number of hydrogen-bond donors (Lipinski definition) is 2. The predicted molar refractivity (Wildman–Crippen MR) is 150 cm³/mol. The van der Waals surface area contributed by atoms with E-state index in [1.807, 2.05) is 48.5 Å². The average Bonchev–Trinajstić information content (AvgIpc) is 3.62. The maximum atomic E-state index is 10.8. The molecule has 0 radical (unpaired) electrons. The molecule has 0 amide bonds. The molecule has 4 atom stereocenters. The second kappa shape index (κ2) is 16.7. The third-order valence-corrected chi connectivity index (χ3v) is 7.20. The first kappa shape index (κ1) is 31.1. The summed E-state index contributed by atoms with van der Waals surface area (Å²) >= 11 is 3.35. The first-order chi connectivity index (χ1) is 18.3. The lowest BCUT2D eigenvalue weighted by Crippen LogP contribution is -2.13. The van der Waals surface area contributed by atoms with Crippen molar-refractivity contribution in [2.45, 2.75) is 62.7 Å². The van der Waals surface area contributed by atoms with Gasteiger partial charge in [0.2, 0.25) is 0 Å². The number of benzene rings is 2. The van der Waals surface area contributed by atoms with Gasteiger partial charge in [-0.3, -0.25) is 9.59 Å². The number of halogens is 1. The molecule has 0 bridgehead atoms. The maximum absolute atomic E-state index is 10.8. The predicted octanol–water partition coefficient (Wildman–Crippen LogP) is 5.32. The average molecular weight is 584 g/mol. The number of carboxylic acid groups (broad SMARTS) is 1. The van der Waals surface area contributed by atoms with Gasteiger partial charge in [0, 0.05) is 16.5 Å². The molecule has 2 aromatic rings. The molecule has 2 N–H and O–H groups in total. The molecule has 0 saturated heterocycles. The second-order valence-electron chi connectivity index (χ2n) is 9.28. The number of ether oxygens (including phenoxy) is 2. The molecule has 4 rings (SSSR count). The van der Waals surface area contributed by atoms with Crippen LogP contribution in [-0.2, 0) is 31.0 Å². The van der Waals surface area contributed by atoms with Gasteiger partial charge >= 0.3 is 11.9 Å². The van der Waals surface area contributed by atoms with Gasteiger partial charge in [-0.25, -0.2) is 0 Å². The monoisotopic (exact) mass is 582 g/mol. The number of aliphatic hydroxyl groups is 1. The fraction of sp³-hybridized carbons (Fsp3) is 0.419. The zero-order chi connectivity index (χ0) is 27.9. The van der Waals surface area contributed by atoms with Crippen LogP contribution in [0.2, 0.25) is 0 Å². The van der Waals surface area contributed by atoms with E-state index in [0.29, 0.717) is 19.4 Å². The standard InChI is InChI=1S/C15H16O3.C9H7Br.C7H12O3/c1-2-11-3-5-12(6-4-11)10-18-14-8-7-13(9-14)15(16)17;1-2-8-3-5-9(7-10)6-4-8;1-10-7(9)5-2-3-6(8)4-5/h1,3-6,13-14H,7-10H2,(H,16,17);1,3-6H,7H2;5-6,8H,2-4H2,1H3/t13?,14-;;5?,6-/m1.1/s1. The minimum absolute atomic E-state index is 0.0556. The fourth-order valence-corrected chi connectivity index (χ4v) is 4.63. The fourth-order valence-electron chi connectivity index (χ4n) is 4.26. The van der Waals surface area contributed by atoms with Gasteiger partial charge in [-0.2, -0.15) is 0 Å². The number of carbonyl (C=O) groups is 2. The second-order valence-corrected chi connectivity index (χ2v) is 9.85. The number of esters is 1. The van der Waals surface area contributed by atoms with Gasteiger partial charge in [0.1, 0.15) is 0 Å². The minimum Gasteiger partial charge on any atom is -0.481 e. The number of methoxy groups -OCH3 is 1. The molecule has 2 saturated carbocycles. The lowest BCUT2D eigenvalue weighted by molar-refractivity contribution is -0.145. The molecule has 0 spiro atoms. The van der Waals surface area contributed by atoms with Gasteiger partial charge in [-0.1, -0.05) is 52.0 Å². The molecule has 2 aliphatic carbocycles. The van der Waals surface area contributed by atoms with Crippen molar-refractivity contribution >= 4 is 27.9 Å². The highest BCUT2D eigenvalue weighted by Crippen LogP contribution is 2.28. The van der Waals surface area contributed by atoms with Gasteiger partial charge < -0.3 is 19.7 Å². The summed E-state index contributed by atoms with van der Waals surface area (Å²) in [5.41, 5.74) is 4.10. The molecule has 7 heteroatoms. The van der Waals surface area contributed by atoms with E-state index in [9.17, 15) is 9.59 Å². The van der Waals surface area contributed by atoms with Gasteiger partial charge in [0.15, 0.2) is 0 Å². The van der Waals surface area contributed by atoms with Gasteiger partial charge in [0.05, 0.1) is 37.8 Å². The van der Waals surface area contributed by atoms with Crippen molar-refractivity contribution in [2.24, 2.45) is 11.8 Å². The van der Waals surface area contributed by atoms with E-state index in [-0.39, 0.29) is 30.0 Å². The Balaban J connectivity index is 0.000000216. The molecule has 2 aromatic carbocycles. The number of hydrogen-bond acceptors (Lipinski definition) is 5. The molecule has 38 heavy (non-hydrogen) atoms. The molecule has 2 fully saturated rings. The van der Waals surface area contributed by atoms with E-state index in [4.69, 9.17) is 27.8 Å². The Labute approximate surface area is 233 Å². The van der Waals surface area contributed by atoms with E-state index in [1.165, 1.54) is 12.7 Å². The lowest BCUT2D eigenvalue weighted by Gasteiger charge is -2.11. The summed E-state index contributed by atoms with van der Waals surface area (Å²) in [6, 6.07) is 15.6. The molecular weight excluding hydrogens is 548 g/mol.